The van der Waals surface area contributed by atoms with Crippen LogP contribution in [0, 0.1) is 12.7 Å². The molecule has 0 fully saturated rings. The second kappa shape index (κ2) is 5.37. The van der Waals surface area contributed by atoms with Crippen LogP contribution in [0.25, 0.3) is 11.1 Å². The fourth-order valence-corrected chi connectivity index (χ4v) is 3.28. The molecule has 1 aliphatic rings. The molecule has 104 valence electrons. The highest BCUT2D eigenvalue weighted by Gasteiger charge is 2.24. The molecule has 0 radical (unpaired) electrons. The molecule has 2 aromatic carbocycles. The van der Waals surface area contributed by atoms with Crippen LogP contribution in [0.15, 0.2) is 36.4 Å². The maximum absolute atomic E-state index is 13.7. The second-order valence-corrected chi connectivity index (χ2v) is 5.54. The third kappa shape index (κ3) is 2.36. The highest BCUT2D eigenvalue weighted by atomic mass is 19.1. The van der Waals surface area contributed by atoms with Gasteiger partial charge in [-0.15, -0.1) is 0 Å². The third-order valence-corrected chi connectivity index (χ3v) is 4.07. The monoisotopic (exact) mass is 269 g/mol. The molecule has 3 rings (SSSR count). The average molecular weight is 269 g/mol. The predicted molar refractivity (Wildman–Crippen MR) is 81.3 cm³/mol. The first kappa shape index (κ1) is 13.3. The normalized spacial score (nSPS) is 17.2. The Hall–Kier alpha value is -1.67. The summed E-state index contributed by atoms with van der Waals surface area (Å²) in [5.41, 5.74) is 5.91. The summed E-state index contributed by atoms with van der Waals surface area (Å²) in [6.45, 7) is 5.06. The predicted octanol–water partition coefficient (Wildman–Crippen LogP) is 4.40. The van der Waals surface area contributed by atoms with E-state index in [9.17, 15) is 4.39 Å². The molecular formula is C18H20FN. The van der Waals surface area contributed by atoms with Gasteiger partial charge in [-0.3, -0.25) is 0 Å². The Kier molecular flexibility index (Phi) is 3.58. The van der Waals surface area contributed by atoms with Crippen LogP contribution < -0.4 is 5.32 Å². The van der Waals surface area contributed by atoms with Crippen molar-refractivity contribution in [3.05, 3.63) is 58.9 Å². The molecular weight excluding hydrogens is 249 g/mol. The Balaban J connectivity index is 2.08. The van der Waals surface area contributed by atoms with Crippen LogP contribution in [-0.2, 0) is 6.42 Å². The standard InChI is InChI=1S/C18H20FN/c1-3-20-18-8-7-16-15(5-4-6-17(16)18)13-9-12(2)10-14(19)11-13/h4-6,9-11,18,20H,3,7-8H2,1-2H3. The van der Waals surface area contributed by atoms with Crippen LogP contribution in [0.1, 0.15) is 36.1 Å². The zero-order valence-electron chi connectivity index (χ0n) is 12.0. The lowest BCUT2D eigenvalue weighted by molar-refractivity contribution is 0.549. The number of benzene rings is 2. The van der Waals surface area contributed by atoms with Crippen molar-refractivity contribution >= 4 is 0 Å². The lowest BCUT2D eigenvalue weighted by atomic mass is 9.95. The summed E-state index contributed by atoms with van der Waals surface area (Å²) in [4.78, 5) is 0. The molecule has 1 N–H and O–H groups in total. The van der Waals surface area contributed by atoms with E-state index in [4.69, 9.17) is 0 Å². The SMILES string of the molecule is CCNC1CCc2c(-c3cc(C)cc(F)c3)cccc21. The summed E-state index contributed by atoms with van der Waals surface area (Å²) in [7, 11) is 0. The molecule has 1 aliphatic carbocycles. The Morgan fingerprint density at radius 3 is 2.85 bits per heavy atom. The maximum atomic E-state index is 13.7. The molecule has 1 atom stereocenters. The first-order chi connectivity index (χ1) is 9.69. The molecule has 0 amide bonds. The minimum Gasteiger partial charge on any atom is -0.310 e. The molecule has 1 nitrogen and oxygen atoms in total. The van der Waals surface area contributed by atoms with Crippen LogP contribution in [0.2, 0.25) is 0 Å². The van der Waals surface area contributed by atoms with Crippen molar-refractivity contribution in [3.63, 3.8) is 0 Å². The molecule has 2 heteroatoms. The molecule has 0 saturated carbocycles. The van der Waals surface area contributed by atoms with Crippen LogP contribution in [0.4, 0.5) is 4.39 Å². The first-order valence-electron chi connectivity index (χ1n) is 7.31. The number of halogens is 1. The van der Waals surface area contributed by atoms with E-state index < -0.39 is 0 Å². The van der Waals surface area contributed by atoms with Gasteiger partial charge in [0.25, 0.3) is 0 Å². The number of fused-ring (bicyclic) bond motifs is 1. The minimum absolute atomic E-state index is 0.154. The van der Waals surface area contributed by atoms with Crippen LogP contribution >= 0.6 is 0 Å². The smallest absolute Gasteiger partial charge is 0.124 e. The molecule has 1 unspecified atom stereocenters. The third-order valence-electron chi connectivity index (χ3n) is 4.07. The maximum Gasteiger partial charge on any atom is 0.124 e. The summed E-state index contributed by atoms with van der Waals surface area (Å²) in [5.74, 6) is -0.154. The largest absolute Gasteiger partial charge is 0.310 e. The van der Waals surface area contributed by atoms with Gasteiger partial charge >= 0.3 is 0 Å². The van der Waals surface area contributed by atoms with E-state index in [-0.39, 0.29) is 5.82 Å². The number of hydrogen-bond donors (Lipinski definition) is 1. The van der Waals surface area contributed by atoms with E-state index in [0.717, 1.165) is 30.5 Å². The Morgan fingerprint density at radius 1 is 1.25 bits per heavy atom. The molecule has 0 saturated heterocycles. The molecule has 0 bridgehead atoms. The summed E-state index contributed by atoms with van der Waals surface area (Å²) in [6, 6.07) is 12.1. The van der Waals surface area contributed by atoms with E-state index in [1.54, 1.807) is 12.1 Å². The fourth-order valence-electron chi connectivity index (χ4n) is 3.28. The van der Waals surface area contributed by atoms with Gasteiger partial charge in [0.05, 0.1) is 0 Å². The lowest BCUT2D eigenvalue weighted by Crippen LogP contribution is -2.18. The Morgan fingerprint density at radius 2 is 2.10 bits per heavy atom. The number of hydrogen-bond acceptors (Lipinski definition) is 1. The zero-order chi connectivity index (χ0) is 14.1. The molecule has 20 heavy (non-hydrogen) atoms. The van der Waals surface area contributed by atoms with Gasteiger partial charge in [-0.2, -0.15) is 0 Å². The zero-order valence-corrected chi connectivity index (χ0v) is 12.0. The lowest BCUT2D eigenvalue weighted by Gasteiger charge is -2.14. The van der Waals surface area contributed by atoms with Crippen LogP contribution in [-0.4, -0.2) is 6.54 Å². The Bertz CT molecular complexity index is 613. The van der Waals surface area contributed by atoms with Crippen molar-refractivity contribution in [1.29, 1.82) is 0 Å². The van der Waals surface area contributed by atoms with Gasteiger partial charge in [-0.25, -0.2) is 4.39 Å². The number of rotatable bonds is 3. The molecule has 0 heterocycles. The highest BCUT2D eigenvalue weighted by Crippen LogP contribution is 2.38. The van der Waals surface area contributed by atoms with Gasteiger partial charge in [0.2, 0.25) is 0 Å². The minimum atomic E-state index is -0.154. The van der Waals surface area contributed by atoms with Gasteiger partial charge in [-0.05, 0) is 66.3 Å². The van der Waals surface area contributed by atoms with Crippen LogP contribution in [0.3, 0.4) is 0 Å². The van der Waals surface area contributed by atoms with Crippen molar-refractivity contribution in [2.24, 2.45) is 0 Å². The van der Waals surface area contributed by atoms with E-state index in [1.165, 1.54) is 16.7 Å². The topological polar surface area (TPSA) is 12.0 Å². The molecule has 0 spiro atoms. The highest BCUT2D eigenvalue weighted by molar-refractivity contribution is 5.70. The van der Waals surface area contributed by atoms with Crippen molar-refractivity contribution in [1.82, 2.24) is 5.32 Å². The van der Waals surface area contributed by atoms with Crippen LogP contribution in [0.5, 0.6) is 0 Å². The molecule has 0 aliphatic heterocycles. The average Bonchev–Trinajstić information content (AvgIpc) is 2.81. The van der Waals surface area contributed by atoms with Crippen molar-refractivity contribution in [2.75, 3.05) is 6.54 Å². The second-order valence-electron chi connectivity index (χ2n) is 5.54. The molecule has 2 aromatic rings. The Labute approximate surface area is 119 Å². The van der Waals surface area contributed by atoms with E-state index in [2.05, 4.69) is 36.5 Å². The first-order valence-corrected chi connectivity index (χ1v) is 7.31. The fraction of sp³-hybridized carbons (Fsp3) is 0.333. The number of aryl methyl sites for hydroxylation is 1. The van der Waals surface area contributed by atoms with Gasteiger partial charge in [0, 0.05) is 6.04 Å². The summed E-state index contributed by atoms with van der Waals surface area (Å²) in [6.07, 6.45) is 2.20. The van der Waals surface area contributed by atoms with Gasteiger partial charge in [0.1, 0.15) is 5.82 Å². The van der Waals surface area contributed by atoms with E-state index in [0.29, 0.717) is 6.04 Å². The quantitative estimate of drug-likeness (QED) is 0.871. The summed E-state index contributed by atoms with van der Waals surface area (Å²) in [5, 5.41) is 3.53. The van der Waals surface area contributed by atoms with Gasteiger partial charge in [-0.1, -0.05) is 31.2 Å². The van der Waals surface area contributed by atoms with E-state index >= 15 is 0 Å². The summed E-state index contributed by atoms with van der Waals surface area (Å²) < 4.78 is 13.7. The van der Waals surface area contributed by atoms with E-state index in [1.807, 2.05) is 6.92 Å². The summed E-state index contributed by atoms with van der Waals surface area (Å²) >= 11 is 0. The van der Waals surface area contributed by atoms with Gasteiger partial charge < -0.3 is 5.32 Å². The van der Waals surface area contributed by atoms with Gasteiger partial charge in [0.15, 0.2) is 0 Å². The van der Waals surface area contributed by atoms with Crippen molar-refractivity contribution < 1.29 is 4.39 Å². The van der Waals surface area contributed by atoms with Crippen molar-refractivity contribution in [2.45, 2.75) is 32.7 Å². The molecule has 0 aromatic heterocycles. The number of nitrogens with one attached hydrogen (secondary N) is 1. The van der Waals surface area contributed by atoms with Crippen molar-refractivity contribution in [3.8, 4) is 11.1 Å².